The van der Waals surface area contributed by atoms with Crippen LogP contribution in [-0.2, 0) is 26.9 Å². The molecule has 0 saturated carbocycles. The third-order valence-electron chi connectivity index (χ3n) is 4.10. The van der Waals surface area contributed by atoms with Crippen molar-refractivity contribution >= 4 is 13.5 Å². The molecule has 0 N–H and O–H groups in total. The van der Waals surface area contributed by atoms with Crippen LogP contribution < -0.4 is 0 Å². The Hall–Kier alpha value is -2.06. The van der Waals surface area contributed by atoms with Gasteiger partial charge in [-0.3, -0.25) is 4.57 Å². The quantitative estimate of drug-likeness (QED) is 0.375. The average molecular weight is 374 g/mol. The van der Waals surface area contributed by atoms with E-state index in [-0.39, 0.29) is 6.61 Å². The summed E-state index contributed by atoms with van der Waals surface area (Å²) in [5.41, 5.74) is 2.07. The van der Waals surface area contributed by atoms with Gasteiger partial charge in [-0.1, -0.05) is 74.0 Å². The molecule has 0 heterocycles. The Morgan fingerprint density at radius 2 is 1.46 bits per heavy atom. The predicted molar refractivity (Wildman–Crippen MR) is 105 cm³/mol. The van der Waals surface area contributed by atoms with E-state index in [1.54, 1.807) is 0 Å². The lowest BCUT2D eigenvalue weighted by Crippen LogP contribution is -2.10. The third-order valence-corrected chi connectivity index (χ3v) is 6.58. The highest BCUT2D eigenvalue weighted by Gasteiger charge is 2.27. The molecule has 0 fully saturated rings. The SMILES string of the molecule is CCCCP(=O)(CCCc1ccccc1)OC(=O)OCc1ccccc1. The summed E-state index contributed by atoms with van der Waals surface area (Å²) in [5, 5.41) is 0. The highest BCUT2D eigenvalue weighted by molar-refractivity contribution is 7.59. The number of aryl methyl sites for hydroxylation is 1. The fourth-order valence-electron chi connectivity index (χ4n) is 2.65. The van der Waals surface area contributed by atoms with Gasteiger partial charge in [0.25, 0.3) is 7.37 Å². The lowest BCUT2D eigenvalue weighted by molar-refractivity contribution is 0.0937. The van der Waals surface area contributed by atoms with Crippen LogP contribution in [0, 0.1) is 0 Å². The van der Waals surface area contributed by atoms with Crippen LogP contribution in [0.2, 0.25) is 0 Å². The molecule has 0 aliphatic carbocycles. The zero-order valence-corrected chi connectivity index (χ0v) is 16.2. The maximum atomic E-state index is 13.1. The molecule has 0 amide bonds. The molecule has 2 aromatic carbocycles. The maximum Gasteiger partial charge on any atom is 0.513 e. The lowest BCUT2D eigenvalue weighted by atomic mass is 10.1. The molecule has 2 rings (SSSR count). The summed E-state index contributed by atoms with van der Waals surface area (Å²) < 4.78 is 23.5. The first-order valence-corrected chi connectivity index (χ1v) is 11.1. The summed E-state index contributed by atoms with van der Waals surface area (Å²) in [6.45, 7) is 2.15. The van der Waals surface area contributed by atoms with Gasteiger partial charge in [0.1, 0.15) is 6.61 Å². The number of rotatable bonds is 10. The molecule has 1 unspecified atom stereocenters. The number of benzene rings is 2. The summed E-state index contributed by atoms with van der Waals surface area (Å²) in [7, 11) is -3.02. The van der Waals surface area contributed by atoms with Gasteiger partial charge >= 0.3 is 6.16 Å². The normalized spacial score (nSPS) is 13.0. The summed E-state index contributed by atoms with van der Waals surface area (Å²) in [5.74, 6) is 0. The van der Waals surface area contributed by atoms with E-state index in [9.17, 15) is 9.36 Å². The van der Waals surface area contributed by atoms with Gasteiger partial charge in [0.15, 0.2) is 0 Å². The first-order chi connectivity index (χ1) is 12.6. The molecule has 0 saturated heterocycles. The van der Waals surface area contributed by atoms with E-state index < -0.39 is 13.5 Å². The minimum Gasteiger partial charge on any atom is -0.429 e. The van der Waals surface area contributed by atoms with Gasteiger partial charge in [-0.05, 0) is 30.4 Å². The second-order valence-electron chi connectivity index (χ2n) is 6.32. The van der Waals surface area contributed by atoms with Gasteiger partial charge in [-0.25, -0.2) is 4.79 Å². The fraction of sp³-hybridized carbons (Fsp3) is 0.381. The van der Waals surface area contributed by atoms with Crippen LogP contribution >= 0.6 is 7.37 Å². The zero-order chi connectivity index (χ0) is 18.7. The molecular formula is C21H27O4P. The summed E-state index contributed by atoms with van der Waals surface area (Å²) >= 11 is 0. The van der Waals surface area contributed by atoms with Crippen molar-refractivity contribution in [1.82, 2.24) is 0 Å². The molecule has 0 radical (unpaired) electrons. The van der Waals surface area contributed by atoms with Crippen LogP contribution in [0.4, 0.5) is 4.79 Å². The van der Waals surface area contributed by atoms with E-state index >= 15 is 0 Å². The molecule has 1 atom stereocenters. The highest BCUT2D eigenvalue weighted by Crippen LogP contribution is 2.49. The van der Waals surface area contributed by atoms with Crippen molar-refractivity contribution in [2.24, 2.45) is 0 Å². The van der Waals surface area contributed by atoms with Gasteiger partial charge in [-0.2, -0.15) is 0 Å². The molecule has 140 valence electrons. The Kier molecular flexibility index (Phi) is 8.43. The highest BCUT2D eigenvalue weighted by atomic mass is 31.2. The van der Waals surface area contributed by atoms with E-state index in [0.717, 1.165) is 31.2 Å². The van der Waals surface area contributed by atoms with Crippen LogP contribution in [0.15, 0.2) is 60.7 Å². The van der Waals surface area contributed by atoms with Gasteiger partial charge in [0.05, 0.1) is 0 Å². The van der Waals surface area contributed by atoms with E-state index in [0.29, 0.717) is 12.3 Å². The molecule has 0 aromatic heterocycles. The first kappa shape index (κ1) is 20.3. The van der Waals surface area contributed by atoms with Crippen molar-refractivity contribution < 1.29 is 18.6 Å². The summed E-state index contributed by atoms with van der Waals surface area (Å²) in [6.07, 6.45) is 3.19. The Morgan fingerprint density at radius 1 is 0.885 bits per heavy atom. The van der Waals surface area contributed by atoms with Gasteiger partial charge < -0.3 is 9.26 Å². The zero-order valence-electron chi connectivity index (χ0n) is 15.3. The standard InChI is InChI=1S/C21H27O4P/c1-2-3-16-26(23,17-10-15-19-11-6-4-7-12-19)25-21(22)24-18-20-13-8-5-9-14-20/h4-9,11-14H,2-3,10,15-18H2,1H3. The van der Waals surface area contributed by atoms with E-state index in [2.05, 4.69) is 0 Å². The van der Waals surface area contributed by atoms with E-state index in [1.165, 1.54) is 5.56 Å². The number of hydrogen-bond acceptors (Lipinski definition) is 4. The second-order valence-corrected chi connectivity index (χ2v) is 9.03. The molecule has 0 aliphatic heterocycles. The fourth-order valence-corrected chi connectivity index (χ4v) is 4.82. The molecule has 2 aromatic rings. The second kappa shape index (κ2) is 10.8. The lowest BCUT2D eigenvalue weighted by Gasteiger charge is -2.18. The molecular weight excluding hydrogens is 347 g/mol. The molecule has 0 bridgehead atoms. The van der Waals surface area contributed by atoms with Crippen molar-refractivity contribution in [1.29, 1.82) is 0 Å². The van der Waals surface area contributed by atoms with Crippen LogP contribution in [0.1, 0.15) is 37.3 Å². The first-order valence-electron chi connectivity index (χ1n) is 9.13. The van der Waals surface area contributed by atoms with Crippen molar-refractivity contribution in [2.45, 2.75) is 39.2 Å². The topological polar surface area (TPSA) is 52.6 Å². The van der Waals surface area contributed by atoms with Crippen molar-refractivity contribution in [3.63, 3.8) is 0 Å². The summed E-state index contributed by atoms with van der Waals surface area (Å²) in [4.78, 5) is 12.0. The number of carbonyl (C=O) groups is 1. The van der Waals surface area contributed by atoms with Crippen LogP contribution in [-0.4, -0.2) is 18.5 Å². The van der Waals surface area contributed by atoms with E-state index in [1.807, 2.05) is 67.6 Å². The van der Waals surface area contributed by atoms with Gasteiger partial charge in [0, 0.05) is 12.3 Å². The summed E-state index contributed by atoms with van der Waals surface area (Å²) in [6, 6.07) is 19.4. The monoisotopic (exact) mass is 374 g/mol. The van der Waals surface area contributed by atoms with E-state index in [4.69, 9.17) is 9.26 Å². The van der Waals surface area contributed by atoms with Crippen LogP contribution in [0.3, 0.4) is 0 Å². The molecule has 4 nitrogen and oxygen atoms in total. The Labute approximate surface area is 156 Å². The van der Waals surface area contributed by atoms with Gasteiger partial charge in [-0.15, -0.1) is 0 Å². The minimum atomic E-state index is -3.02. The molecule has 0 spiro atoms. The average Bonchev–Trinajstić information content (AvgIpc) is 2.66. The number of carbonyl (C=O) groups excluding carboxylic acids is 1. The third kappa shape index (κ3) is 7.45. The molecule has 26 heavy (non-hydrogen) atoms. The van der Waals surface area contributed by atoms with Crippen molar-refractivity contribution in [2.75, 3.05) is 12.3 Å². The molecule has 0 aliphatic rings. The predicted octanol–water partition coefficient (Wildman–Crippen LogP) is 6.05. The Bertz CT molecular complexity index is 700. The molecule has 5 heteroatoms. The van der Waals surface area contributed by atoms with Crippen molar-refractivity contribution in [3.05, 3.63) is 71.8 Å². The Balaban J connectivity index is 1.85. The van der Waals surface area contributed by atoms with Crippen molar-refractivity contribution in [3.8, 4) is 0 Å². The number of hydrogen-bond donors (Lipinski definition) is 0. The van der Waals surface area contributed by atoms with Crippen LogP contribution in [0.25, 0.3) is 0 Å². The Morgan fingerprint density at radius 3 is 2.08 bits per heavy atom. The maximum absolute atomic E-state index is 13.1. The minimum absolute atomic E-state index is 0.122. The number of unbranched alkanes of at least 4 members (excludes halogenated alkanes) is 1. The largest absolute Gasteiger partial charge is 0.513 e. The van der Waals surface area contributed by atoms with Crippen LogP contribution in [0.5, 0.6) is 0 Å². The van der Waals surface area contributed by atoms with Gasteiger partial charge in [0.2, 0.25) is 0 Å². The smallest absolute Gasteiger partial charge is 0.429 e. The number of ether oxygens (including phenoxy) is 1.